The van der Waals surface area contributed by atoms with Crippen LogP contribution in [0, 0.1) is 6.92 Å². The third-order valence-electron chi connectivity index (χ3n) is 3.94. The summed E-state index contributed by atoms with van der Waals surface area (Å²) in [5.74, 6) is 0. The molecule has 1 saturated heterocycles. The minimum absolute atomic E-state index is 0.186. The van der Waals surface area contributed by atoms with Crippen LogP contribution >= 0.6 is 11.3 Å². The van der Waals surface area contributed by atoms with Gasteiger partial charge in [-0.25, -0.2) is 0 Å². The first-order chi connectivity index (χ1) is 9.02. The van der Waals surface area contributed by atoms with E-state index in [1.807, 2.05) is 11.3 Å². The zero-order chi connectivity index (χ0) is 14.0. The van der Waals surface area contributed by atoms with Crippen molar-refractivity contribution in [1.82, 2.24) is 4.90 Å². The van der Waals surface area contributed by atoms with Crippen molar-refractivity contribution in [1.29, 1.82) is 0 Å². The second kappa shape index (κ2) is 6.35. The number of nitrogens with zero attached hydrogens (tertiary/aromatic N) is 1. The summed E-state index contributed by atoms with van der Waals surface area (Å²) in [6.07, 6.45) is 1.30. The molecule has 0 aliphatic carbocycles. The molecule has 1 fully saturated rings. The van der Waals surface area contributed by atoms with Crippen molar-refractivity contribution in [3.05, 3.63) is 21.9 Å². The van der Waals surface area contributed by atoms with Crippen LogP contribution in [0.5, 0.6) is 0 Å². The number of rotatable bonds is 4. The summed E-state index contributed by atoms with van der Waals surface area (Å²) in [6.45, 7) is 10.5. The molecule has 0 saturated carbocycles. The summed E-state index contributed by atoms with van der Waals surface area (Å²) < 4.78 is 5.75. The number of thiophene rings is 1. The molecule has 4 atom stereocenters. The van der Waals surface area contributed by atoms with Crippen LogP contribution in [0.25, 0.3) is 0 Å². The summed E-state index contributed by atoms with van der Waals surface area (Å²) in [5, 5.41) is 0. The van der Waals surface area contributed by atoms with Gasteiger partial charge in [0.25, 0.3) is 0 Å². The van der Waals surface area contributed by atoms with Gasteiger partial charge in [-0.1, -0.05) is 6.92 Å². The normalized spacial score (nSPS) is 28.3. The smallest absolute Gasteiger partial charge is 0.0675 e. The fourth-order valence-electron chi connectivity index (χ4n) is 2.77. The van der Waals surface area contributed by atoms with E-state index in [0.29, 0.717) is 18.2 Å². The molecule has 4 heteroatoms. The van der Waals surface area contributed by atoms with Gasteiger partial charge in [-0.05, 0) is 39.3 Å². The van der Waals surface area contributed by atoms with Gasteiger partial charge in [0, 0.05) is 28.4 Å². The van der Waals surface area contributed by atoms with Crippen LogP contribution in [0.4, 0.5) is 0 Å². The summed E-state index contributed by atoms with van der Waals surface area (Å²) >= 11 is 1.87. The number of ether oxygens (including phenoxy) is 1. The highest BCUT2D eigenvalue weighted by molar-refractivity contribution is 7.12. The van der Waals surface area contributed by atoms with Gasteiger partial charge in [0.15, 0.2) is 0 Å². The van der Waals surface area contributed by atoms with Crippen LogP contribution in [0.2, 0.25) is 0 Å². The van der Waals surface area contributed by atoms with Crippen molar-refractivity contribution in [3.63, 3.8) is 0 Å². The molecule has 4 unspecified atom stereocenters. The van der Waals surface area contributed by atoms with Gasteiger partial charge >= 0.3 is 0 Å². The van der Waals surface area contributed by atoms with Gasteiger partial charge in [-0.15, -0.1) is 11.3 Å². The van der Waals surface area contributed by atoms with Crippen LogP contribution < -0.4 is 5.73 Å². The lowest BCUT2D eigenvalue weighted by molar-refractivity contribution is -0.0701. The minimum atomic E-state index is 0.186. The number of hydrogen-bond acceptors (Lipinski definition) is 4. The molecule has 0 bridgehead atoms. The SMILES string of the molecule is CCC(N)C(c1ccc(C)s1)N1CC(C)OCC1C. The largest absolute Gasteiger partial charge is 0.376 e. The van der Waals surface area contributed by atoms with Crippen molar-refractivity contribution in [3.8, 4) is 0 Å². The Morgan fingerprint density at radius 2 is 2.21 bits per heavy atom. The van der Waals surface area contributed by atoms with Crippen molar-refractivity contribution in [2.75, 3.05) is 13.2 Å². The van der Waals surface area contributed by atoms with Gasteiger partial charge in [0.2, 0.25) is 0 Å². The lowest BCUT2D eigenvalue weighted by atomic mass is 10.00. The first-order valence-electron chi connectivity index (χ1n) is 7.22. The van der Waals surface area contributed by atoms with Crippen molar-refractivity contribution in [2.45, 2.75) is 58.3 Å². The molecule has 0 aromatic carbocycles. The van der Waals surface area contributed by atoms with E-state index in [-0.39, 0.29) is 6.04 Å². The monoisotopic (exact) mass is 282 g/mol. The van der Waals surface area contributed by atoms with Crippen LogP contribution in [0.1, 0.15) is 43.0 Å². The first kappa shape index (κ1) is 15.0. The second-order valence-electron chi connectivity index (χ2n) is 5.66. The molecule has 0 spiro atoms. The number of nitrogens with two attached hydrogens (primary N) is 1. The van der Waals surface area contributed by atoms with Crippen molar-refractivity contribution >= 4 is 11.3 Å². The average molecular weight is 282 g/mol. The highest BCUT2D eigenvalue weighted by atomic mass is 32.1. The predicted octanol–water partition coefficient (Wildman–Crippen LogP) is 2.94. The maximum atomic E-state index is 6.42. The summed E-state index contributed by atoms with van der Waals surface area (Å²) in [5.41, 5.74) is 6.42. The van der Waals surface area contributed by atoms with E-state index in [2.05, 4.69) is 44.7 Å². The Labute approximate surface area is 120 Å². The molecule has 3 nitrogen and oxygen atoms in total. The number of aryl methyl sites for hydroxylation is 1. The van der Waals surface area contributed by atoms with E-state index in [0.717, 1.165) is 19.6 Å². The van der Waals surface area contributed by atoms with Gasteiger partial charge in [-0.3, -0.25) is 4.90 Å². The Hall–Kier alpha value is -0.420. The third kappa shape index (κ3) is 3.37. The average Bonchev–Trinajstić information content (AvgIpc) is 2.80. The van der Waals surface area contributed by atoms with E-state index in [1.54, 1.807) is 0 Å². The van der Waals surface area contributed by atoms with Crippen LogP contribution in [0.15, 0.2) is 12.1 Å². The van der Waals surface area contributed by atoms with E-state index in [9.17, 15) is 0 Å². The van der Waals surface area contributed by atoms with E-state index < -0.39 is 0 Å². The van der Waals surface area contributed by atoms with Crippen LogP contribution in [0.3, 0.4) is 0 Å². The molecule has 2 rings (SSSR count). The van der Waals surface area contributed by atoms with Crippen molar-refractivity contribution in [2.24, 2.45) is 5.73 Å². The molecule has 1 aliphatic rings. The first-order valence-corrected chi connectivity index (χ1v) is 8.03. The van der Waals surface area contributed by atoms with Crippen molar-refractivity contribution < 1.29 is 4.74 Å². The Balaban J connectivity index is 2.26. The molecule has 2 heterocycles. The molecule has 19 heavy (non-hydrogen) atoms. The highest BCUT2D eigenvalue weighted by Crippen LogP contribution is 2.33. The summed E-state index contributed by atoms with van der Waals surface area (Å²) in [4.78, 5) is 5.29. The van der Waals surface area contributed by atoms with E-state index in [1.165, 1.54) is 9.75 Å². The van der Waals surface area contributed by atoms with Gasteiger partial charge in [-0.2, -0.15) is 0 Å². The lowest BCUT2D eigenvalue weighted by Crippen LogP contribution is -2.52. The predicted molar refractivity (Wildman–Crippen MR) is 81.6 cm³/mol. The molecule has 1 aromatic rings. The number of morpholine rings is 1. The zero-order valence-corrected chi connectivity index (χ0v) is 13.2. The molecule has 1 aromatic heterocycles. The Morgan fingerprint density at radius 3 is 2.79 bits per heavy atom. The third-order valence-corrected chi connectivity index (χ3v) is 5.01. The Kier molecular flexibility index (Phi) is 5.01. The van der Waals surface area contributed by atoms with E-state index in [4.69, 9.17) is 10.5 Å². The molecular formula is C15H26N2OS. The van der Waals surface area contributed by atoms with Crippen LogP contribution in [-0.2, 0) is 4.74 Å². The van der Waals surface area contributed by atoms with Gasteiger partial charge in [0.05, 0.1) is 18.8 Å². The summed E-state index contributed by atoms with van der Waals surface area (Å²) in [7, 11) is 0. The standard InChI is InChI=1S/C15H26N2OS/c1-5-13(16)15(14-7-6-12(4)19-14)17-8-11(3)18-9-10(17)2/h6-7,10-11,13,15H,5,8-9,16H2,1-4H3. The highest BCUT2D eigenvalue weighted by Gasteiger charge is 2.34. The molecular weight excluding hydrogens is 256 g/mol. The molecule has 1 aliphatic heterocycles. The fourth-order valence-corrected chi connectivity index (χ4v) is 3.85. The lowest BCUT2D eigenvalue weighted by Gasteiger charge is -2.43. The molecule has 108 valence electrons. The quantitative estimate of drug-likeness (QED) is 0.923. The fraction of sp³-hybridized carbons (Fsp3) is 0.733. The van der Waals surface area contributed by atoms with E-state index >= 15 is 0 Å². The van der Waals surface area contributed by atoms with Crippen LogP contribution in [-0.4, -0.2) is 36.2 Å². The van der Waals surface area contributed by atoms with Gasteiger partial charge < -0.3 is 10.5 Å². The maximum absolute atomic E-state index is 6.42. The maximum Gasteiger partial charge on any atom is 0.0675 e. The number of hydrogen-bond donors (Lipinski definition) is 1. The Morgan fingerprint density at radius 1 is 1.47 bits per heavy atom. The van der Waals surface area contributed by atoms with Gasteiger partial charge in [0.1, 0.15) is 0 Å². The second-order valence-corrected chi connectivity index (χ2v) is 6.97. The molecule has 0 radical (unpaired) electrons. The summed E-state index contributed by atoms with van der Waals surface area (Å²) in [6, 6.07) is 5.38. The molecule has 0 amide bonds. The molecule has 2 N–H and O–H groups in total. The minimum Gasteiger partial charge on any atom is -0.376 e. The Bertz CT molecular complexity index is 407. The topological polar surface area (TPSA) is 38.5 Å². The zero-order valence-electron chi connectivity index (χ0n) is 12.4.